The Morgan fingerprint density at radius 2 is 1.49 bits per heavy atom. The van der Waals surface area contributed by atoms with Crippen molar-refractivity contribution in [2.45, 2.75) is 36.5 Å². The van der Waals surface area contributed by atoms with Crippen molar-refractivity contribution in [3.05, 3.63) is 71.0 Å². The van der Waals surface area contributed by atoms with Gasteiger partial charge < -0.3 is 33.7 Å². The number of carbonyl (C=O) groups excluding carboxylic acids is 1. The monoisotopic (exact) mass is 616 g/mol. The fraction of sp³-hybridized carbons (Fsp3) is 0.387. The van der Waals surface area contributed by atoms with Crippen molar-refractivity contribution in [2.24, 2.45) is 0 Å². The lowest BCUT2D eigenvalue weighted by molar-refractivity contribution is -0.0184. The zero-order chi connectivity index (χ0) is 30.9. The van der Waals surface area contributed by atoms with Gasteiger partial charge in [0.25, 0.3) is 0 Å². The summed E-state index contributed by atoms with van der Waals surface area (Å²) in [6.45, 7) is 0.416. The van der Waals surface area contributed by atoms with Crippen LogP contribution in [0.2, 0.25) is 0 Å². The van der Waals surface area contributed by atoms with E-state index in [2.05, 4.69) is 5.32 Å². The molecule has 3 aromatic rings. The van der Waals surface area contributed by atoms with E-state index in [1.54, 1.807) is 40.6 Å². The number of nitrogens with zero attached hydrogens (tertiary/aromatic N) is 1. The first-order valence-electron chi connectivity index (χ1n) is 13.7. The molecule has 2 unspecified atom stereocenters. The maximum Gasteiger partial charge on any atom is 0.341 e. The van der Waals surface area contributed by atoms with E-state index in [1.165, 1.54) is 30.9 Å². The van der Waals surface area contributed by atoms with Gasteiger partial charge in [-0.2, -0.15) is 0 Å². The molecule has 232 valence electrons. The summed E-state index contributed by atoms with van der Waals surface area (Å²) in [5.41, 5.74) is 2.43. The van der Waals surface area contributed by atoms with Crippen LogP contribution in [-0.4, -0.2) is 64.1 Å². The average Bonchev–Trinajstić information content (AvgIpc) is 3.52. The molecule has 0 aromatic heterocycles. The average molecular weight is 617 g/mol. The number of nitrogens with one attached hydrogen (secondary N) is 1. The van der Waals surface area contributed by atoms with Crippen LogP contribution >= 0.6 is 11.8 Å². The number of halogens is 1. The molecular weight excluding hydrogens is 579 g/mol. The number of carbonyl (C=O) groups is 1. The molecule has 10 nitrogen and oxygen atoms in total. The minimum atomic E-state index is -0.665. The van der Waals surface area contributed by atoms with Crippen molar-refractivity contribution in [3.63, 3.8) is 0 Å². The minimum Gasteiger partial charge on any atom is -0.493 e. The summed E-state index contributed by atoms with van der Waals surface area (Å²) < 4.78 is 48.1. The third-order valence-electron chi connectivity index (χ3n) is 6.96. The number of amides is 2. The second-order valence-corrected chi connectivity index (χ2v) is 10.9. The summed E-state index contributed by atoms with van der Waals surface area (Å²) in [5.74, 6) is 2.90. The lowest BCUT2D eigenvalue weighted by Gasteiger charge is -2.21. The van der Waals surface area contributed by atoms with Gasteiger partial charge in [0, 0.05) is 29.8 Å². The first-order valence-corrected chi connectivity index (χ1v) is 14.6. The molecule has 2 atom stereocenters. The molecule has 2 N–H and O–H groups in total. The number of urea groups is 1. The normalized spacial score (nSPS) is 16.0. The standard InChI is InChI=1S/C31H37FN2O8S/c1-34(36)31(35)33-18-21-14-19(15-26(37-2)29(21)41-12-13-43-23-8-6-22(32)7-9-23)24-10-11-25(42-24)20-16-27(38-3)30(40-5)28(17-20)39-4/h6-9,14-17,24-25,36H,10-13,18H2,1-5H3,(H,33,35). The highest BCUT2D eigenvalue weighted by Crippen LogP contribution is 2.47. The molecule has 3 aromatic carbocycles. The quantitative estimate of drug-likeness (QED) is 0.101. The van der Waals surface area contributed by atoms with E-state index >= 15 is 0 Å². The minimum absolute atomic E-state index is 0.0808. The van der Waals surface area contributed by atoms with Gasteiger partial charge in [0.05, 0.1) is 47.3 Å². The van der Waals surface area contributed by atoms with Gasteiger partial charge in [0.1, 0.15) is 5.82 Å². The van der Waals surface area contributed by atoms with Crippen molar-refractivity contribution < 1.29 is 42.8 Å². The Hall–Kier alpha value is -3.87. The second kappa shape index (κ2) is 15.0. The number of hydrogen-bond donors (Lipinski definition) is 2. The van der Waals surface area contributed by atoms with Crippen LogP contribution in [0.3, 0.4) is 0 Å². The van der Waals surface area contributed by atoms with E-state index < -0.39 is 6.03 Å². The first-order chi connectivity index (χ1) is 20.8. The van der Waals surface area contributed by atoms with Crippen LogP contribution in [0.1, 0.15) is 41.7 Å². The van der Waals surface area contributed by atoms with Crippen molar-refractivity contribution in [3.8, 4) is 28.7 Å². The maximum atomic E-state index is 13.2. The number of benzene rings is 3. The zero-order valence-electron chi connectivity index (χ0n) is 24.8. The number of rotatable bonds is 13. The van der Waals surface area contributed by atoms with Crippen LogP contribution in [-0.2, 0) is 11.3 Å². The molecule has 0 bridgehead atoms. The number of thioether (sulfide) groups is 1. The highest BCUT2D eigenvalue weighted by atomic mass is 32.2. The molecule has 0 radical (unpaired) electrons. The second-order valence-electron chi connectivity index (χ2n) is 9.69. The Bertz CT molecular complexity index is 1360. The lowest BCUT2D eigenvalue weighted by Crippen LogP contribution is -2.34. The third-order valence-corrected chi connectivity index (χ3v) is 7.94. The van der Waals surface area contributed by atoms with E-state index in [4.69, 9.17) is 28.4 Å². The SMILES string of the molecule is COc1cc(C2CCC(c3cc(OC)c(OC)c(OC)c3)O2)cc(CNC(=O)N(C)O)c1OCCSc1ccc(F)cc1. The van der Waals surface area contributed by atoms with Crippen molar-refractivity contribution in [1.29, 1.82) is 0 Å². The van der Waals surface area contributed by atoms with E-state index in [9.17, 15) is 14.4 Å². The topological polar surface area (TPSA) is 108 Å². The number of hydrogen-bond acceptors (Lipinski definition) is 9. The molecule has 1 saturated heterocycles. The molecule has 43 heavy (non-hydrogen) atoms. The molecule has 0 saturated carbocycles. The van der Waals surface area contributed by atoms with Gasteiger partial charge in [-0.15, -0.1) is 11.8 Å². The predicted octanol–water partition coefficient (Wildman–Crippen LogP) is 6.15. The van der Waals surface area contributed by atoms with Crippen LogP contribution in [0.15, 0.2) is 53.4 Å². The number of hydroxylamine groups is 2. The third kappa shape index (κ3) is 7.95. The highest BCUT2D eigenvalue weighted by molar-refractivity contribution is 7.99. The van der Waals surface area contributed by atoms with Crippen LogP contribution in [0, 0.1) is 5.82 Å². The van der Waals surface area contributed by atoms with Gasteiger partial charge in [-0.25, -0.2) is 14.2 Å². The fourth-order valence-corrected chi connectivity index (χ4v) is 5.58. The van der Waals surface area contributed by atoms with Crippen LogP contribution < -0.4 is 29.0 Å². The van der Waals surface area contributed by atoms with Gasteiger partial charge in [-0.1, -0.05) is 0 Å². The molecule has 4 rings (SSSR count). The fourth-order valence-electron chi connectivity index (χ4n) is 4.85. The Labute approximate surface area is 254 Å². The molecule has 1 aliphatic rings. The summed E-state index contributed by atoms with van der Waals surface area (Å²) >= 11 is 1.53. The zero-order valence-corrected chi connectivity index (χ0v) is 25.7. The molecule has 2 amide bonds. The summed E-state index contributed by atoms with van der Waals surface area (Å²) in [7, 11) is 7.51. The molecular formula is C31H37FN2O8S. The molecule has 12 heteroatoms. The Balaban J connectivity index is 1.54. The van der Waals surface area contributed by atoms with Gasteiger partial charge in [-0.05, 0) is 72.5 Å². The van der Waals surface area contributed by atoms with Gasteiger partial charge in [0.2, 0.25) is 5.75 Å². The van der Waals surface area contributed by atoms with Crippen molar-refractivity contribution >= 4 is 17.8 Å². The summed E-state index contributed by atoms with van der Waals surface area (Å²) in [4.78, 5) is 13.0. The predicted molar refractivity (Wildman–Crippen MR) is 159 cm³/mol. The maximum absolute atomic E-state index is 13.2. The van der Waals surface area contributed by atoms with Crippen molar-refractivity contribution in [1.82, 2.24) is 10.4 Å². The lowest BCUT2D eigenvalue weighted by atomic mass is 10.0. The smallest absolute Gasteiger partial charge is 0.341 e. The molecule has 0 spiro atoms. The van der Waals surface area contributed by atoms with E-state index in [1.807, 2.05) is 24.3 Å². The number of methoxy groups -OCH3 is 4. The van der Waals surface area contributed by atoms with Gasteiger partial charge in [0.15, 0.2) is 23.0 Å². The summed E-state index contributed by atoms with van der Waals surface area (Å²) in [5, 5.41) is 12.7. The largest absolute Gasteiger partial charge is 0.493 e. The van der Waals surface area contributed by atoms with Gasteiger partial charge in [-0.3, -0.25) is 5.21 Å². The molecule has 0 aliphatic carbocycles. The molecule has 1 aliphatic heterocycles. The van der Waals surface area contributed by atoms with Gasteiger partial charge >= 0.3 is 6.03 Å². The molecule has 1 heterocycles. The van der Waals surface area contributed by atoms with E-state index in [-0.39, 0.29) is 24.6 Å². The van der Waals surface area contributed by atoms with E-state index in [0.29, 0.717) is 51.7 Å². The molecule has 1 fully saturated rings. The van der Waals surface area contributed by atoms with E-state index in [0.717, 1.165) is 28.9 Å². The van der Waals surface area contributed by atoms with Crippen molar-refractivity contribution in [2.75, 3.05) is 47.8 Å². The van der Waals surface area contributed by atoms with Crippen LogP contribution in [0.4, 0.5) is 9.18 Å². The highest BCUT2D eigenvalue weighted by Gasteiger charge is 2.31. The Kier molecular flexibility index (Phi) is 11.2. The van der Waals surface area contributed by atoms with Crippen LogP contribution in [0.5, 0.6) is 28.7 Å². The first kappa shape index (κ1) is 32.1. The Morgan fingerprint density at radius 3 is 2.02 bits per heavy atom. The Morgan fingerprint density at radius 1 is 0.930 bits per heavy atom. The summed E-state index contributed by atoms with van der Waals surface area (Å²) in [6.07, 6.45) is 1.03. The summed E-state index contributed by atoms with van der Waals surface area (Å²) in [6, 6.07) is 13.2. The number of ether oxygens (including phenoxy) is 6. The van der Waals surface area contributed by atoms with Crippen LogP contribution in [0.25, 0.3) is 0 Å².